The van der Waals surface area contributed by atoms with Crippen molar-refractivity contribution < 1.29 is 4.74 Å². The van der Waals surface area contributed by atoms with Crippen LogP contribution in [0, 0.1) is 0 Å². The normalized spacial score (nSPS) is 11.0. The second kappa shape index (κ2) is 5.97. The van der Waals surface area contributed by atoms with E-state index in [0.717, 1.165) is 24.5 Å². The van der Waals surface area contributed by atoms with Crippen molar-refractivity contribution in [3.8, 4) is 5.75 Å². The zero-order chi connectivity index (χ0) is 14.7. The van der Waals surface area contributed by atoms with Gasteiger partial charge in [0.05, 0.1) is 7.11 Å². The van der Waals surface area contributed by atoms with Crippen molar-refractivity contribution in [2.24, 2.45) is 0 Å². The van der Waals surface area contributed by atoms with Gasteiger partial charge >= 0.3 is 0 Å². The first-order chi connectivity index (χ1) is 10.3. The van der Waals surface area contributed by atoms with Crippen LogP contribution in [0.5, 0.6) is 5.75 Å². The Kier molecular flexibility index (Phi) is 3.88. The van der Waals surface area contributed by atoms with E-state index in [2.05, 4.69) is 39.3 Å². The number of aromatic nitrogens is 2. The van der Waals surface area contributed by atoms with Gasteiger partial charge in [-0.05, 0) is 42.4 Å². The molecule has 1 aromatic carbocycles. The second-order valence-corrected chi connectivity index (χ2v) is 5.04. The maximum atomic E-state index is 5.20. The molecule has 2 heterocycles. The third-order valence-electron chi connectivity index (χ3n) is 3.60. The number of ether oxygens (including phenoxy) is 1. The molecule has 0 bridgehead atoms. The first-order valence-electron chi connectivity index (χ1n) is 7.02. The largest absolute Gasteiger partial charge is 0.497 e. The standard InChI is InChI=1S/C17H19N3O/c1-18-10-14-12-20(17-16(14)4-3-9-19-17)11-13-5-7-15(21-2)8-6-13/h3-9,12,18H,10-11H2,1-2H3. The minimum absolute atomic E-state index is 0.807. The Hall–Kier alpha value is -2.33. The van der Waals surface area contributed by atoms with E-state index in [1.165, 1.54) is 16.5 Å². The summed E-state index contributed by atoms with van der Waals surface area (Å²) in [7, 11) is 3.64. The Morgan fingerprint density at radius 2 is 2.00 bits per heavy atom. The summed E-state index contributed by atoms with van der Waals surface area (Å²) in [6.07, 6.45) is 4.02. The van der Waals surface area contributed by atoms with Gasteiger partial charge in [0.1, 0.15) is 11.4 Å². The van der Waals surface area contributed by atoms with Gasteiger partial charge < -0.3 is 14.6 Å². The fourth-order valence-corrected chi connectivity index (χ4v) is 2.57. The number of benzene rings is 1. The van der Waals surface area contributed by atoms with Crippen LogP contribution in [0.15, 0.2) is 48.8 Å². The van der Waals surface area contributed by atoms with Crippen LogP contribution in [0.3, 0.4) is 0 Å². The van der Waals surface area contributed by atoms with Crippen molar-refractivity contribution in [1.82, 2.24) is 14.9 Å². The number of nitrogens with one attached hydrogen (secondary N) is 1. The second-order valence-electron chi connectivity index (χ2n) is 5.04. The smallest absolute Gasteiger partial charge is 0.140 e. The molecule has 1 N–H and O–H groups in total. The van der Waals surface area contributed by atoms with Crippen molar-refractivity contribution >= 4 is 11.0 Å². The Balaban J connectivity index is 1.95. The Morgan fingerprint density at radius 3 is 2.71 bits per heavy atom. The van der Waals surface area contributed by atoms with E-state index in [4.69, 9.17) is 4.74 Å². The molecule has 0 atom stereocenters. The van der Waals surface area contributed by atoms with Gasteiger partial charge in [-0.1, -0.05) is 12.1 Å². The third-order valence-corrected chi connectivity index (χ3v) is 3.60. The molecule has 0 aliphatic heterocycles. The van der Waals surface area contributed by atoms with Crippen molar-refractivity contribution in [3.05, 3.63) is 59.9 Å². The molecule has 0 aliphatic carbocycles. The highest BCUT2D eigenvalue weighted by Crippen LogP contribution is 2.21. The van der Waals surface area contributed by atoms with E-state index < -0.39 is 0 Å². The van der Waals surface area contributed by atoms with Gasteiger partial charge in [0, 0.05) is 30.9 Å². The molecule has 0 saturated carbocycles. The molecule has 0 unspecified atom stereocenters. The highest BCUT2D eigenvalue weighted by atomic mass is 16.5. The highest BCUT2D eigenvalue weighted by Gasteiger charge is 2.09. The summed E-state index contributed by atoms with van der Waals surface area (Å²) in [5.41, 5.74) is 3.53. The average Bonchev–Trinajstić information content (AvgIpc) is 2.87. The molecule has 21 heavy (non-hydrogen) atoms. The molecule has 0 radical (unpaired) electrons. The van der Waals surface area contributed by atoms with Crippen molar-refractivity contribution in [3.63, 3.8) is 0 Å². The first-order valence-corrected chi connectivity index (χ1v) is 7.02. The molecule has 0 spiro atoms. The van der Waals surface area contributed by atoms with E-state index in [-0.39, 0.29) is 0 Å². The quantitative estimate of drug-likeness (QED) is 0.781. The van der Waals surface area contributed by atoms with E-state index in [1.54, 1.807) is 7.11 Å². The summed E-state index contributed by atoms with van der Waals surface area (Å²) in [5.74, 6) is 0.880. The molecule has 4 heteroatoms. The lowest BCUT2D eigenvalue weighted by atomic mass is 10.2. The van der Waals surface area contributed by atoms with Crippen molar-refractivity contribution in [2.45, 2.75) is 13.1 Å². The van der Waals surface area contributed by atoms with Gasteiger partial charge in [-0.25, -0.2) is 4.98 Å². The Labute approximate surface area is 124 Å². The molecular weight excluding hydrogens is 262 g/mol. The van der Waals surface area contributed by atoms with Crippen LogP contribution in [0.2, 0.25) is 0 Å². The van der Waals surface area contributed by atoms with Crippen LogP contribution < -0.4 is 10.1 Å². The number of rotatable bonds is 5. The number of pyridine rings is 1. The Bertz CT molecular complexity index is 731. The summed E-state index contributed by atoms with van der Waals surface area (Å²) >= 11 is 0. The first kappa shape index (κ1) is 13.6. The topological polar surface area (TPSA) is 39.1 Å². The zero-order valence-electron chi connectivity index (χ0n) is 12.3. The maximum absolute atomic E-state index is 5.20. The zero-order valence-corrected chi connectivity index (χ0v) is 12.3. The number of hydrogen-bond acceptors (Lipinski definition) is 3. The molecule has 0 saturated heterocycles. The molecule has 3 aromatic rings. The summed E-state index contributed by atoms with van der Waals surface area (Å²) in [4.78, 5) is 4.52. The number of methoxy groups -OCH3 is 1. The fraction of sp³-hybridized carbons (Fsp3) is 0.235. The van der Waals surface area contributed by atoms with E-state index in [9.17, 15) is 0 Å². The molecular formula is C17H19N3O. The number of fused-ring (bicyclic) bond motifs is 1. The van der Waals surface area contributed by atoms with Crippen molar-refractivity contribution in [1.29, 1.82) is 0 Å². The van der Waals surface area contributed by atoms with Crippen LogP contribution in [0.4, 0.5) is 0 Å². The van der Waals surface area contributed by atoms with Gasteiger partial charge in [0.15, 0.2) is 0 Å². The number of hydrogen-bond donors (Lipinski definition) is 1. The molecule has 0 fully saturated rings. The predicted molar refractivity (Wildman–Crippen MR) is 84.6 cm³/mol. The van der Waals surface area contributed by atoms with E-state index >= 15 is 0 Å². The Morgan fingerprint density at radius 1 is 1.19 bits per heavy atom. The monoisotopic (exact) mass is 281 g/mol. The predicted octanol–water partition coefficient (Wildman–Crippen LogP) is 2.81. The van der Waals surface area contributed by atoms with Gasteiger partial charge in [0.2, 0.25) is 0 Å². The van der Waals surface area contributed by atoms with Crippen LogP contribution in [-0.2, 0) is 13.1 Å². The minimum atomic E-state index is 0.807. The summed E-state index contributed by atoms with van der Waals surface area (Å²) in [6.45, 7) is 1.65. The number of nitrogens with zero attached hydrogens (tertiary/aromatic N) is 2. The SMILES string of the molecule is CNCc1cn(Cc2ccc(OC)cc2)c2ncccc12. The molecule has 3 rings (SSSR count). The third kappa shape index (κ3) is 2.76. The lowest BCUT2D eigenvalue weighted by molar-refractivity contribution is 0.414. The lowest BCUT2D eigenvalue weighted by Gasteiger charge is -2.06. The average molecular weight is 281 g/mol. The van der Waals surface area contributed by atoms with Gasteiger partial charge in [0.25, 0.3) is 0 Å². The summed E-state index contributed by atoms with van der Waals surface area (Å²) in [6, 6.07) is 12.3. The lowest BCUT2D eigenvalue weighted by Crippen LogP contribution is -2.04. The molecule has 4 nitrogen and oxygen atoms in total. The van der Waals surface area contributed by atoms with Gasteiger partial charge in [-0.3, -0.25) is 0 Å². The fourth-order valence-electron chi connectivity index (χ4n) is 2.57. The van der Waals surface area contributed by atoms with Crippen LogP contribution in [0.25, 0.3) is 11.0 Å². The highest BCUT2D eigenvalue weighted by molar-refractivity contribution is 5.80. The molecule has 0 amide bonds. The van der Waals surface area contributed by atoms with E-state index in [1.807, 2.05) is 31.4 Å². The van der Waals surface area contributed by atoms with Gasteiger partial charge in [-0.2, -0.15) is 0 Å². The molecule has 108 valence electrons. The molecule has 2 aromatic heterocycles. The maximum Gasteiger partial charge on any atom is 0.140 e. The van der Waals surface area contributed by atoms with Crippen molar-refractivity contribution in [2.75, 3.05) is 14.2 Å². The summed E-state index contributed by atoms with van der Waals surface area (Å²) < 4.78 is 7.40. The van der Waals surface area contributed by atoms with Crippen LogP contribution in [-0.4, -0.2) is 23.7 Å². The minimum Gasteiger partial charge on any atom is -0.497 e. The summed E-state index contributed by atoms with van der Waals surface area (Å²) in [5, 5.41) is 4.42. The van der Waals surface area contributed by atoms with E-state index in [0.29, 0.717) is 0 Å². The molecule has 0 aliphatic rings. The van der Waals surface area contributed by atoms with Crippen LogP contribution in [0.1, 0.15) is 11.1 Å². The van der Waals surface area contributed by atoms with Gasteiger partial charge in [-0.15, -0.1) is 0 Å². The van der Waals surface area contributed by atoms with Crippen LogP contribution >= 0.6 is 0 Å².